The number of nitrogens with zero attached hydrogens (tertiary/aromatic N) is 2. The van der Waals surface area contributed by atoms with Crippen LogP contribution in [0.15, 0.2) is 18.3 Å². The molecular formula is C12H17ClN2O. The zero-order valence-corrected chi connectivity index (χ0v) is 10.5. The van der Waals surface area contributed by atoms with Crippen molar-refractivity contribution >= 4 is 17.3 Å². The Kier molecular flexibility index (Phi) is 3.36. The van der Waals surface area contributed by atoms with Gasteiger partial charge in [-0.3, -0.25) is 0 Å². The highest BCUT2D eigenvalue weighted by Gasteiger charge is 2.30. The minimum atomic E-state index is -0.0476. The Balaban J connectivity index is 2.16. The number of morpholine rings is 1. The number of anilines is 1. The van der Waals surface area contributed by atoms with E-state index in [1.54, 1.807) is 6.20 Å². The van der Waals surface area contributed by atoms with E-state index in [1.165, 1.54) is 0 Å². The van der Waals surface area contributed by atoms with Crippen LogP contribution in [0.3, 0.4) is 0 Å². The molecule has 0 amide bonds. The molecule has 1 saturated heterocycles. The summed E-state index contributed by atoms with van der Waals surface area (Å²) in [6.45, 7) is 6.90. The van der Waals surface area contributed by atoms with E-state index in [2.05, 4.69) is 23.7 Å². The fourth-order valence-corrected chi connectivity index (χ4v) is 2.12. The molecule has 0 radical (unpaired) electrons. The number of hydrogen-bond acceptors (Lipinski definition) is 3. The lowest BCUT2D eigenvalue weighted by Gasteiger charge is -2.41. The number of ether oxygens (including phenoxy) is 1. The minimum absolute atomic E-state index is 0.0476. The lowest BCUT2D eigenvalue weighted by Crippen LogP contribution is -2.49. The molecule has 1 atom stereocenters. The zero-order chi connectivity index (χ0) is 11.6. The molecule has 1 aliphatic rings. The Morgan fingerprint density at radius 2 is 2.44 bits per heavy atom. The van der Waals surface area contributed by atoms with E-state index in [-0.39, 0.29) is 5.60 Å². The molecule has 1 aliphatic heterocycles. The van der Waals surface area contributed by atoms with Gasteiger partial charge < -0.3 is 9.64 Å². The van der Waals surface area contributed by atoms with Crippen molar-refractivity contribution in [3.05, 3.63) is 23.5 Å². The Morgan fingerprint density at radius 1 is 1.62 bits per heavy atom. The highest BCUT2D eigenvalue weighted by atomic mass is 35.5. The molecule has 4 heteroatoms. The summed E-state index contributed by atoms with van der Waals surface area (Å²) in [7, 11) is 0. The molecule has 0 aromatic carbocycles. The second-order valence-electron chi connectivity index (χ2n) is 4.41. The summed E-state index contributed by atoms with van der Waals surface area (Å²) in [5.41, 5.74) is 1.08. The van der Waals surface area contributed by atoms with E-state index in [4.69, 9.17) is 16.3 Å². The molecule has 88 valence electrons. The van der Waals surface area contributed by atoms with Gasteiger partial charge in [-0.05, 0) is 25.5 Å². The van der Waals surface area contributed by atoms with Crippen molar-refractivity contribution in [3.63, 3.8) is 0 Å². The van der Waals surface area contributed by atoms with Crippen LogP contribution in [0.5, 0.6) is 0 Å². The Morgan fingerprint density at radius 3 is 3.12 bits per heavy atom. The average molecular weight is 241 g/mol. The summed E-state index contributed by atoms with van der Waals surface area (Å²) in [6.07, 6.45) is 2.76. The first-order chi connectivity index (χ1) is 7.63. The van der Waals surface area contributed by atoms with Crippen LogP contribution in [-0.2, 0) is 4.74 Å². The number of aromatic nitrogens is 1. The smallest absolute Gasteiger partial charge is 0.131 e. The van der Waals surface area contributed by atoms with Gasteiger partial charge in [0.15, 0.2) is 0 Å². The molecule has 0 spiro atoms. The fraction of sp³-hybridized carbons (Fsp3) is 0.583. The van der Waals surface area contributed by atoms with Gasteiger partial charge in [0.05, 0.1) is 12.2 Å². The van der Waals surface area contributed by atoms with Gasteiger partial charge in [-0.2, -0.15) is 0 Å². The normalized spacial score (nSPS) is 25.8. The van der Waals surface area contributed by atoms with Gasteiger partial charge in [-0.25, -0.2) is 4.98 Å². The van der Waals surface area contributed by atoms with E-state index in [0.717, 1.165) is 31.8 Å². The summed E-state index contributed by atoms with van der Waals surface area (Å²) in [5.74, 6) is 0. The van der Waals surface area contributed by atoms with E-state index in [9.17, 15) is 0 Å². The third-order valence-electron chi connectivity index (χ3n) is 3.16. The highest BCUT2D eigenvalue weighted by Crippen LogP contribution is 2.26. The maximum absolute atomic E-state index is 5.90. The van der Waals surface area contributed by atoms with Crippen molar-refractivity contribution in [1.29, 1.82) is 0 Å². The Labute approximate surface area is 101 Å². The first-order valence-corrected chi connectivity index (χ1v) is 6.01. The molecule has 1 fully saturated rings. The van der Waals surface area contributed by atoms with E-state index < -0.39 is 0 Å². The maximum Gasteiger partial charge on any atom is 0.131 e. The molecular weight excluding hydrogens is 224 g/mol. The zero-order valence-electron chi connectivity index (χ0n) is 9.74. The van der Waals surface area contributed by atoms with Crippen molar-refractivity contribution in [3.8, 4) is 0 Å². The van der Waals surface area contributed by atoms with Crippen molar-refractivity contribution in [2.24, 2.45) is 0 Å². The maximum atomic E-state index is 5.90. The predicted octanol–water partition coefficient (Wildman–Crippen LogP) is 2.74. The Hall–Kier alpha value is -0.800. The van der Waals surface area contributed by atoms with Crippen LogP contribution >= 0.6 is 11.6 Å². The number of pyridine rings is 1. The van der Waals surface area contributed by atoms with Crippen LogP contribution in [-0.4, -0.2) is 30.3 Å². The fourth-order valence-electron chi connectivity index (χ4n) is 1.95. The SMILES string of the molecule is CCC1(C)CN(c2ccnc(Cl)c2)CCO1. The molecule has 3 nitrogen and oxygen atoms in total. The van der Waals surface area contributed by atoms with Crippen LogP contribution in [0, 0.1) is 0 Å². The van der Waals surface area contributed by atoms with Gasteiger partial charge >= 0.3 is 0 Å². The lowest BCUT2D eigenvalue weighted by atomic mass is 10.0. The first kappa shape index (κ1) is 11.7. The quantitative estimate of drug-likeness (QED) is 0.744. The van der Waals surface area contributed by atoms with Crippen molar-refractivity contribution in [1.82, 2.24) is 4.98 Å². The highest BCUT2D eigenvalue weighted by molar-refractivity contribution is 6.29. The molecule has 1 aromatic heterocycles. The van der Waals surface area contributed by atoms with Crippen molar-refractivity contribution < 1.29 is 4.74 Å². The molecule has 2 rings (SSSR count). The van der Waals surface area contributed by atoms with Crippen LogP contribution in [0.4, 0.5) is 5.69 Å². The van der Waals surface area contributed by atoms with Crippen LogP contribution in [0.1, 0.15) is 20.3 Å². The largest absolute Gasteiger partial charge is 0.372 e. The van der Waals surface area contributed by atoms with Crippen LogP contribution < -0.4 is 4.90 Å². The third kappa shape index (κ3) is 2.47. The minimum Gasteiger partial charge on any atom is -0.372 e. The topological polar surface area (TPSA) is 25.4 Å². The summed E-state index contributed by atoms with van der Waals surface area (Å²) >= 11 is 5.90. The molecule has 0 N–H and O–H groups in total. The standard InChI is InChI=1S/C12H17ClN2O/c1-3-12(2)9-15(6-7-16-12)10-4-5-14-11(13)8-10/h4-5,8H,3,6-7,9H2,1-2H3. The summed E-state index contributed by atoms with van der Waals surface area (Å²) in [5, 5.41) is 0.544. The molecule has 2 heterocycles. The van der Waals surface area contributed by atoms with Gasteiger partial charge in [0, 0.05) is 25.0 Å². The van der Waals surface area contributed by atoms with E-state index in [1.807, 2.05) is 12.1 Å². The third-order valence-corrected chi connectivity index (χ3v) is 3.37. The van der Waals surface area contributed by atoms with Gasteiger partial charge in [0.25, 0.3) is 0 Å². The summed E-state index contributed by atoms with van der Waals surface area (Å²) in [4.78, 5) is 6.30. The van der Waals surface area contributed by atoms with Crippen LogP contribution in [0.25, 0.3) is 0 Å². The van der Waals surface area contributed by atoms with E-state index >= 15 is 0 Å². The molecule has 0 aliphatic carbocycles. The molecule has 1 unspecified atom stereocenters. The van der Waals surface area contributed by atoms with E-state index in [0.29, 0.717) is 5.15 Å². The second-order valence-corrected chi connectivity index (χ2v) is 4.80. The molecule has 0 bridgehead atoms. The number of rotatable bonds is 2. The molecule has 1 aromatic rings. The lowest BCUT2D eigenvalue weighted by molar-refractivity contribution is -0.0441. The monoisotopic (exact) mass is 240 g/mol. The Bertz CT molecular complexity index is 372. The van der Waals surface area contributed by atoms with Crippen LogP contribution in [0.2, 0.25) is 5.15 Å². The molecule has 16 heavy (non-hydrogen) atoms. The number of hydrogen-bond donors (Lipinski definition) is 0. The van der Waals surface area contributed by atoms with Gasteiger partial charge in [0.2, 0.25) is 0 Å². The average Bonchev–Trinajstić information content (AvgIpc) is 2.29. The number of halogens is 1. The second kappa shape index (κ2) is 4.60. The predicted molar refractivity (Wildman–Crippen MR) is 66.1 cm³/mol. The van der Waals surface area contributed by atoms with Crippen molar-refractivity contribution in [2.45, 2.75) is 25.9 Å². The summed E-state index contributed by atoms with van der Waals surface area (Å²) < 4.78 is 5.81. The first-order valence-electron chi connectivity index (χ1n) is 5.63. The summed E-state index contributed by atoms with van der Waals surface area (Å²) in [6, 6.07) is 3.90. The van der Waals surface area contributed by atoms with Crippen molar-refractivity contribution in [2.75, 3.05) is 24.6 Å². The van der Waals surface area contributed by atoms with Gasteiger partial charge in [-0.15, -0.1) is 0 Å². The van der Waals surface area contributed by atoms with Gasteiger partial charge in [0.1, 0.15) is 5.15 Å². The van der Waals surface area contributed by atoms with Gasteiger partial charge in [-0.1, -0.05) is 18.5 Å². The molecule has 0 saturated carbocycles.